The van der Waals surface area contributed by atoms with E-state index in [0.29, 0.717) is 18.8 Å². The van der Waals surface area contributed by atoms with Crippen LogP contribution >= 0.6 is 0 Å². The summed E-state index contributed by atoms with van der Waals surface area (Å²) in [5.41, 5.74) is 0.948. The zero-order valence-corrected chi connectivity index (χ0v) is 10.5. The number of aromatic hydroxyl groups is 1. The van der Waals surface area contributed by atoms with E-state index in [-0.39, 0.29) is 23.8 Å². The molecule has 2 unspecified atom stereocenters. The zero-order chi connectivity index (χ0) is 13.1. The van der Waals surface area contributed by atoms with Crippen LogP contribution in [-0.4, -0.2) is 30.8 Å². The third-order valence-corrected chi connectivity index (χ3v) is 3.09. The summed E-state index contributed by atoms with van der Waals surface area (Å²) in [6.07, 6.45) is 0.693. The highest BCUT2D eigenvalue weighted by Crippen LogP contribution is 2.29. The Labute approximate surface area is 106 Å². The predicted octanol–water partition coefficient (Wildman–Crippen LogP) is 1.37. The number of benzene rings is 1. The van der Waals surface area contributed by atoms with Gasteiger partial charge in [0.15, 0.2) is 11.5 Å². The van der Waals surface area contributed by atoms with Gasteiger partial charge >= 0.3 is 5.97 Å². The highest BCUT2D eigenvalue weighted by atomic mass is 16.5. The van der Waals surface area contributed by atoms with Crippen molar-refractivity contribution in [2.75, 3.05) is 13.7 Å². The number of phenols is 1. The van der Waals surface area contributed by atoms with Gasteiger partial charge in [-0.1, -0.05) is 6.07 Å². The highest BCUT2D eigenvalue weighted by Gasteiger charge is 2.27. The number of esters is 1. The fraction of sp³-hybridized carbons (Fsp3) is 0.462. The number of cyclic esters (lactones) is 1. The van der Waals surface area contributed by atoms with E-state index in [9.17, 15) is 9.90 Å². The second-order valence-corrected chi connectivity index (χ2v) is 4.33. The Kier molecular flexibility index (Phi) is 3.72. The molecule has 1 heterocycles. The standard InChI is InChI=1S/C13H17NO4/c1-8(14-10-5-6-18-13(10)16)9-3-4-11(15)12(7-9)17-2/h3-4,7-8,10,14-15H,5-6H2,1-2H3. The maximum Gasteiger partial charge on any atom is 0.323 e. The third kappa shape index (κ3) is 2.56. The summed E-state index contributed by atoms with van der Waals surface area (Å²) in [6, 6.07) is 4.87. The molecular weight excluding hydrogens is 234 g/mol. The van der Waals surface area contributed by atoms with Gasteiger partial charge in [-0.2, -0.15) is 0 Å². The number of nitrogens with one attached hydrogen (secondary N) is 1. The van der Waals surface area contributed by atoms with E-state index in [2.05, 4.69) is 5.32 Å². The van der Waals surface area contributed by atoms with E-state index in [1.54, 1.807) is 18.2 Å². The van der Waals surface area contributed by atoms with Crippen LogP contribution in [0.1, 0.15) is 24.9 Å². The van der Waals surface area contributed by atoms with Crippen molar-refractivity contribution in [3.63, 3.8) is 0 Å². The molecule has 1 aromatic carbocycles. The maximum atomic E-state index is 11.4. The first-order valence-electron chi connectivity index (χ1n) is 5.91. The number of carbonyl (C=O) groups excluding carboxylic acids is 1. The molecule has 1 aromatic rings. The third-order valence-electron chi connectivity index (χ3n) is 3.09. The summed E-state index contributed by atoms with van der Waals surface area (Å²) in [6.45, 7) is 2.43. The minimum absolute atomic E-state index is 0.0184. The van der Waals surface area contributed by atoms with Crippen LogP contribution in [0, 0.1) is 0 Å². The molecule has 0 radical (unpaired) electrons. The lowest BCUT2D eigenvalue weighted by atomic mass is 10.1. The number of rotatable bonds is 4. The molecule has 1 saturated heterocycles. The molecule has 1 fully saturated rings. The molecule has 2 rings (SSSR count). The van der Waals surface area contributed by atoms with E-state index >= 15 is 0 Å². The molecule has 5 heteroatoms. The molecule has 2 N–H and O–H groups in total. The average molecular weight is 251 g/mol. The molecular formula is C13H17NO4. The summed E-state index contributed by atoms with van der Waals surface area (Å²) in [4.78, 5) is 11.4. The van der Waals surface area contributed by atoms with Gasteiger partial charge in [0.25, 0.3) is 0 Å². The fourth-order valence-corrected chi connectivity index (χ4v) is 2.01. The molecule has 98 valence electrons. The Morgan fingerprint density at radius 2 is 2.33 bits per heavy atom. The van der Waals surface area contributed by atoms with Gasteiger partial charge in [-0.3, -0.25) is 10.1 Å². The normalized spacial score (nSPS) is 20.6. The Bertz CT molecular complexity index is 447. The lowest BCUT2D eigenvalue weighted by molar-refractivity contribution is -0.139. The predicted molar refractivity (Wildman–Crippen MR) is 65.6 cm³/mol. The molecule has 2 atom stereocenters. The van der Waals surface area contributed by atoms with Gasteiger partial charge in [0.05, 0.1) is 13.7 Å². The number of hydrogen-bond acceptors (Lipinski definition) is 5. The topological polar surface area (TPSA) is 67.8 Å². The fourth-order valence-electron chi connectivity index (χ4n) is 2.01. The van der Waals surface area contributed by atoms with Crippen molar-refractivity contribution < 1.29 is 19.4 Å². The number of carbonyl (C=O) groups is 1. The SMILES string of the molecule is COc1cc(C(C)NC2CCOC2=O)ccc1O. The molecule has 1 aliphatic heterocycles. The van der Waals surface area contributed by atoms with Gasteiger partial charge in [-0.05, 0) is 24.6 Å². The average Bonchev–Trinajstić information content (AvgIpc) is 2.75. The molecule has 0 amide bonds. The molecule has 0 aliphatic carbocycles. The van der Waals surface area contributed by atoms with Gasteiger partial charge in [-0.25, -0.2) is 0 Å². The maximum absolute atomic E-state index is 11.4. The Balaban J connectivity index is 2.08. The highest BCUT2D eigenvalue weighted by molar-refractivity contribution is 5.77. The van der Waals surface area contributed by atoms with Crippen molar-refractivity contribution in [2.24, 2.45) is 0 Å². The second kappa shape index (κ2) is 5.27. The summed E-state index contributed by atoms with van der Waals surface area (Å²) < 4.78 is 9.96. The Hall–Kier alpha value is -1.75. The number of phenolic OH excluding ortho intramolecular Hbond substituents is 1. The Morgan fingerprint density at radius 3 is 2.94 bits per heavy atom. The van der Waals surface area contributed by atoms with E-state index in [1.165, 1.54) is 7.11 Å². The van der Waals surface area contributed by atoms with E-state index in [4.69, 9.17) is 9.47 Å². The van der Waals surface area contributed by atoms with Gasteiger partial charge in [-0.15, -0.1) is 0 Å². The molecule has 18 heavy (non-hydrogen) atoms. The van der Waals surface area contributed by atoms with Gasteiger partial charge in [0, 0.05) is 12.5 Å². The van der Waals surface area contributed by atoms with Crippen molar-refractivity contribution in [1.82, 2.24) is 5.32 Å². The van der Waals surface area contributed by atoms with Crippen molar-refractivity contribution in [2.45, 2.75) is 25.4 Å². The largest absolute Gasteiger partial charge is 0.504 e. The van der Waals surface area contributed by atoms with E-state index < -0.39 is 0 Å². The van der Waals surface area contributed by atoms with Crippen molar-refractivity contribution in [3.8, 4) is 11.5 Å². The first-order chi connectivity index (χ1) is 8.61. The molecule has 5 nitrogen and oxygen atoms in total. The monoisotopic (exact) mass is 251 g/mol. The van der Waals surface area contributed by atoms with Crippen LogP contribution in [0.25, 0.3) is 0 Å². The lowest BCUT2D eigenvalue weighted by Crippen LogP contribution is -2.35. The lowest BCUT2D eigenvalue weighted by Gasteiger charge is -2.18. The summed E-state index contributed by atoms with van der Waals surface area (Å²) >= 11 is 0. The molecule has 0 saturated carbocycles. The van der Waals surface area contributed by atoms with E-state index in [0.717, 1.165) is 5.56 Å². The summed E-state index contributed by atoms with van der Waals surface area (Å²) in [5, 5.41) is 12.7. The van der Waals surface area contributed by atoms with E-state index in [1.807, 2.05) is 6.92 Å². The number of hydrogen-bond donors (Lipinski definition) is 2. The first-order valence-corrected chi connectivity index (χ1v) is 5.91. The quantitative estimate of drug-likeness (QED) is 0.791. The van der Waals surface area contributed by atoms with Crippen LogP contribution < -0.4 is 10.1 Å². The second-order valence-electron chi connectivity index (χ2n) is 4.33. The summed E-state index contributed by atoms with van der Waals surface area (Å²) in [7, 11) is 1.51. The zero-order valence-electron chi connectivity index (χ0n) is 10.5. The van der Waals surface area contributed by atoms with Crippen LogP contribution in [0.5, 0.6) is 11.5 Å². The van der Waals surface area contributed by atoms with Crippen LogP contribution in [0.4, 0.5) is 0 Å². The van der Waals surface area contributed by atoms with Crippen molar-refractivity contribution in [1.29, 1.82) is 0 Å². The van der Waals surface area contributed by atoms with Crippen LogP contribution in [-0.2, 0) is 9.53 Å². The van der Waals surface area contributed by atoms with Gasteiger partial charge in [0.2, 0.25) is 0 Å². The molecule has 0 aromatic heterocycles. The van der Waals surface area contributed by atoms with Crippen molar-refractivity contribution >= 4 is 5.97 Å². The first kappa shape index (κ1) is 12.7. The number of ether oxygens (including phenoxy) is 2. The summed E-state index contributed by atoms with van der Waals surface area (Å²) in [5.74, 6) is 0.330. The smallest absolute Gasteiger partial charge is 0.323 e. The number of methoxy groups -OCH3 is 1. The minimum Gasteiger partial charge on any atom is -0.504 e. The molecule has 1 aliphatic rings. The molecule has 0 bridgehead atoms. The Morgan fingerprint density at radius 1 is 1.56 bits per heavy atom. The van der Waals surface area contributed by atoms with Crippen LogP contribution in [0.3, 0.4) is 0 Å². The van der Waals surface area contributed by atoms with Gasteiger partial charge in [0.1, 0.15) is 6.04 Å². The van der Waals surface area contributed by atoms with Gasteiger partial charge < -0.3 is 14.6 Å². The van der Waals surface area contributed by atoms with Crippen molar-refractivity contribution in [3.05, 3.63) is 23.8 Å². The minimum atomic E-state index is -0.250. The van der Waals surface area contributed by atoms with Crippen LogP contribution in [0.15, 0.2) is 18.2 Å². The molecule has 0 spiro atoms. The van der Waals surface area contributed by atoms with Crippen LogP contribution in [0.2, 0.25) is 0 Å².